The molecule has 0 spiro atoms. The summed E-state index contributed by atoms with van der Waals surface area (Å²) in [5.74, 6) is 0. The lowest BCUT2D eigenvalue weighted by molar-refractivity contribution is 1.06. The summed E-state index contributed by atoms with van der Waals surface area (Å²) in [5.41, 5.74) is 6.39. The number of benzene rings is 1. The van der Waals surface area contributed by atoms with Crippen molar-refractivity contribution in [2.75, 3.05) is 0 Å². The first-order chi connectivity index (χ1) is 5.16. The van der Waals surface area contributed by atoms with E-state index in [4.69, 9.17) is 28.9 Å². The van der Waals surface area contributed by atoms with Gasteiger partial charge in [0.1, 0.15) is 0 Å². The number of hydrogen-bond donors (Lipinski definition) is 1. The molecule has 0 aliphatic carbocycles. The first kappa shape index (κ1) is 9.58. The Morgan fingerprint density at radius 2 is 1.82 bits per heavy atom. The third-order valence-corrected chi connectivity index (χ3v) is 3.56. The van der Waals surface area contributed by atoms with E-state index < -0.39 is 0 Å². The maximum absolute atomic E-state index is 5.86. The third-order valence-electron chi connectivity index (χ3n) is 1.34. The summed E-state index contributed by atoms with van der Waals surface area (Å²) < 4.78 is 0.944. The molecule has 4 heteroatoms. The Kier molecular flexibility index (Phi) is 3.43. The molecular weight excluding hydrogens is 296 g/mol. The number of hydrogen-bond acceptors (Lipinski definition) is 1. The van der Waals surface area contributed by atoms with Crippen molar-refractivity contribution in [3.05, 3.63) is 31.3 Å². The average molecular weight is 302 g/mol. The van der Waals surface area contributed by atoms with Crippen LogP contribution in [0.15, 0.2) is 12.1 Å². The zero-order valence-electron chi connectivity index (χ0n) is 5.57. The van der Waals surface area contributed by atoms with Gasteiger partial charge in [0.15, 0.2) is 0 Å². The zero-order chi connectivity index (χ0) is 8.43. The van der Waals surface area contributed by atoms with Gasteiger partial charge in [-0.05, 0) is 40.3 Å². The Hall–Kier alpha value is 0.490. The van der Waals surface area contributed by atoms with Crippen molar-refractivity contribution < 1.29 is 0 Å². The summed E-state index contributed by atoms with van der Waals surface area (Å²) in [6, 6.07) is 3.53. The number of halogens is 3. The Labute approximate surface area is 89.0 Å². The minimum absolute atomic E-state index is 0.428. The molecular formula is C7H6Cl2IN. The smallest absolute Gasteiger partial charge is 0.0543 e. The number of nitrogens with two attached hydrogens (primary N) is 1. The molecule has 1 rings (SSSR count). The summed E-state index contributed by atoms with van der Waals surface area (Å²) >= 11 is 13.8. The molecule has 0 amide bonds. The molecule has 0 aliphatic heterocycles. The van der Waals surface area contributed by atoms with E-state index in [0.29, 0.717) is 16.6 Å². The van der Waals surface area contributed by atoms with Crippen LogP contribution in [0.3, 0.4) is 0 Å². The zero-order valence-corrected chi connectivity index (χ0v) is 9.24. The Balaban J connectivity index is 3.29. The normalized spacial score (nSPS) is 10.2. The molecule has 0 saturated carbocycles. The highest BCUT2D eigenvalue weighted by Gasteiger charge is 2.06. The van der Waals surface area contributed by atoms with Gasteiger partial charge in [0, 0.05) is 15.1 Å². The second-order valence-electron chi connectivity index (χ2n) is 2.03. The maximum Gasteiger partial charge on any atom is 0.0543 e. The van der Waals surface area contributed by atoms with E-state index in [0.717, 1.165) is 9.13 Å². The van der Waals surface area contributed by atoms with Gasteiger partial charge in [-0.25, -0.2) is 0 Å². The molecule has 0 radical (unpaired) electrons. The lowest BCUT2D eigenvalue weighted by atomic mass is 10.2. The molecule has 0 aromatic heterocycles. The Bertz CT molecular complexity index is 275. The molecule has 0 heterocycles. The minimum Gasteiger partial charge on any atom is -0.326 e. The lowest BCUT2D eigenvalue weighted by Gasteiger charge is -2.04. The van der Waals surface area contributed by atoms with Crippen LogP contribution >= 0.6 is 45.8 Å². The van der Waals surface area contributed by atoms with Crippen LogP contribution in [0, 0.1) is 3.57 Å². The van der Waals surface area contributed by atoms with Crippen molar-refractivity contribution in [2.24, 2.45) is 5.73 Å². The van der Waals surface area contributed by atoms with Crippen molar-refractivity contribution >= 4 is 45.8 Å². The molecule has 0 unspecified atom stereocenters. The van der Waals surface area contributed by atoms with Gasteiger partial charge in [0.05, 0.1) is 5.02 Å². The highest BCUT2D eigenvalue weighted by atomic mass is 127. The van der Waals surface area contributed by atoms with E-state index in [1.165, 1.54) is 0 Å². The molecule has 0 bridgehead atoms. The van der Waals surface area contributed by atoms with Crippen LogP contribution < -0.4 is 5.73 Å². The van der Waals surface area contributed by atoms with Gasteiger partial charge in [-0.15, -0.1) is 0 Å². The second-order valence-corrected chi connectivity index (χ2v) is 3.92. The molecule has 0 atom stereocenters. The van der Waals surface area contributed by atoms with Gasteiger partial charge in [0.25, 0.3) is 0 Å². The molecule has 1 nitrogen and oxygen atoms in total. The van der Waals surface area contributed by atoms with E-state index in [9.17, 15) is 0 Å². The molecule has 2 N–H and O–H groups in total. The maximum atomic E-state index is 5.86. The fourth-order valence-corrected chi connectivity index (χ4v) is 2.02. The molecule has 0 aliphatic rings. The van der Waals surface area contributed by atoms with Gasteiger partial charge in [-0.1, -0.05) is 23.2 Å². The largest absolute Gasteiger partial charge is 0.326 e. The predicted molar refractivity (Wildman–Crippen MR) is 57.1 cm³/mol. The van der Waals surface area contributed by atoms with Crippen molar-refractivity contribution in [3.63, 3.8) is 0 Å². The topological polar surface area (TPSA) is 26.0 Å². The van der Waals surface area contributed by atoms with Gasteiger partial charge in [-0.2, -0.15) is 0 Å². The van der Waals surface area contributed by atoms with E-state index in [1.54, 1.807) is 12.1 Å². The average Bonchev–Trinajstić information content (AvgIpc) is 1.99. The standard InChI is InChI=1S/C7H6Cl2IN/c8-5-1-2-6(9)7(10)4(5)3-11/h1-2H,3,11H2. The van der Waals surface area contributed by atoms with Crippen LogP contribution in [0.1, 0.15) is 5.56 Å². The third kappa shape index (κ3) is 1.99. The summed E-state index contributed by atoms with van der Waals surface area (Å²) in [5, 5.41) is 1.39. The van der Waals surface area contributed by atoms with Crippen LogP contribution in [0.25, 0.3) is 0 Å². The molecule has 11 heavy (non-hydrogen) atoms. The summed E-state index contributed by atoms with van der Waals surface area (Å²) in [6.07, 6.45) is 0. The monoisotopic (exact) mass is 301 g/mol. The van der Waals surface area contributed by atoms with E-state index in [1.807, 2.05) is 0 Å². The second kappa shape index (κ2) is 3.94. The van der Waals surface area contributed by atoms with Crippen molar-refractivity contribution in [1.82, 2.24) is 0 Å². The van der Waals surface area contributed by atoms with Crippen molar-refractivity contribution in [1.29, 1.82) is 0 Å². The van der Waals surface area contributed by atoms with E-state index >= 15 is 0 Å². The molecule has 60 valence electrons. The first-order valence-corrected chi connectivity index (χ1v) is 4.82. The predicted octanol–water partition coefficient (Wildman–Crippen LogP) is 3.06. The fourth-order valence-electron chi connectivity index (χ4n) is 0.756. The highest BCUT2D eigenvalue weighted by Crippen LogP contribution is 2.27. The Morgan fingerprint density at radius 1 is 1.27 bits per heavy atom. The fraction of sp³-hybridized carbons (Fsp3) is 0.143. The van der Waals surface area contributed by atoms with Gasteiger partial charge >= 0.3 is 0 Å². The van der Waals surface area contributed by atoms with Gasteiger partial charge in [-0.3, -0.25) is 0 Å². The molecule has 0 saturated heterocycles. The van der Waals surface area contributed by atoms with E-state index in [2.05, 4.69) is 22.6 Å². The van der Waals surface area contributed by atoms with Crippen LogP contribution in [-0.4, -0.2) is 0 Å². The van der Waals surface area contributed by atoms with Gasteiger partial charge in [0.2, 0.25) is 0 Å². The first-order valence-electron chi connectivity index (χ1n) is 2.99. The van der Waals surface area contributed by atoms with E-state index in [-0.39, 0.29) is 0 Å². The highest BCUT2D eigenvalue weighted by molar-refractivity contribution is 14.1. The molecule has 1 aromatic carbocycles. The van der Waals surface area contributed by atoms with Crippen LogP contribution in [0.5, 0.6) is 0 Å². The SMILES string of the molecule is NCc1c(Cl)ccc(Cl)c1I. The van der Waals surface area contributed by atoms with Gasteiger partial charge < -0.3 is 5.73 Å². The van der Waals surface area contributed by atoms with Crippen molar-refractivity contribution in [3.8, 4) is 0 Å². The van der Waals surface area contributed by atoms with Crippen molar-refractivity contribution in [2.45, 2.75) is 6.54 Å². The molecule has 0 fully saturated rings. The summed E-state index contributed by atoms with van der Waals surface area (Å²) in [7, 11) is 0. The summed E-state index contributed by atoms with van der Waals surface area (Å²) in [6.45, 7) is 0.428. The van der Waals surface area contributed by atoms with Crippen LogP contribution in [-0.2, 0) is 6.54 Å². The van der Waals surface area contributed by atoms with Crippen LogP contribution in [0.4, 0.5) is 0 Å². The van der Waals surface area contributed by atoms with Crippen LogP contribution in [0.2, 0.25) is 10.0 Å². The minimum atomic E-state index is 0.428. The lowest BCUT2D eigenvalue weighted by Crippen LogP contribution is -2.00. The molecule has 1 aromatic rings. The Morgan fingerprint density at radius 3 is 2.27 bits per heavy atom. The summed E-state index contributed by atoms with van der Waals surface area (Å²) in [4.78, 5) is 0. The number of rotatable bonds is 1. The quantitative estimate of drug-likeness (QED) is 0.626.